The van der Waals surface area contributed by atoms with Crippen LogP contribution < -0.4 is 14.4 Å². The van der Waals surface area contributed by atoms with E-state index >= 15 is 0 Å². The maximum Gasteiger partial charge on any atom is 0.301 e. The van der Waals surface area contributed by atoms with Gasteiger partial charge in [0.25, 0.3) is 5.78 Å². The van der Waals surface area contributed by atoms with Gasteiger partial charge in [-0.1, -0.05) is 52.7 Å². The fraction of sp³-hybridized carbons (Fsp3) is 0.179. The van der Waals surface area contributed by atoms with Crippen molar-refractivity contribution in [1.82, 2.24) is 4.98 Å². The fourth-order valence-electron chi connectivity index (χ4n) is 4.34. The Hall–Kier alpha value is -3.59. The summed E-state index contributed by atoms with van der Waals surface area (Å²) in [5, 5.41) is 12.3. The number of hydrogen-bond acceptors (Lipinski definition) is 7. The maximum atomic E-state index is 13.5. The zero-order valence-electron chi connectivity index (χ0n) is 20.4. The normalized spacial score (nSPS) is 16.8. The first-order chi connectivity index (χ1) is 18.3. The summed E-state index contributed by atoms with van der Waals surface area (Å²) in [4.78, 5) is 32.9. The van der Waals surface area contributed by atoms with Crippen molar-refractivity contribution in [3.63, 3.8) is 0 Å². The number of carbonyl (C=O) groups is 2. The number of nitrogens with zero attached hydrogens (tertiary/aromatic N) is 2. The first-order valence-corrected chi connectivity index (χ1v) is 13.4. The van der Waals surface area contributed by atoms with Crippen LogP contribution in [0.15, 0.2) is 66.2 Å². The van der Waals surface area contributed by atoms with Crippen LogP contribution in [0.2, 0.25) is 10.0 Å². The Bertz CT molecular complexity index is 1600. The summed E-state index contributed by atoms with van der Waals surface area (Å²) in [7, 11) is 0. The highest BCUT2D eigenvalue weighted by atomic mass is 35.5. The third kappa shape index (κ3) is 4.71. The van der Waals surface area contributed by atoms with Crippen molar-refractivity contribution in [2.24, 2.45) is 0 Å². The highest BCUT2D eigenvalue weighted by Crippen LogP contribution is 2.45. The van der Waals surface area contributed by atoms with Crippen molar-refractivity contribution in [3.05, 3.63) is 87.4 Å². The van der Waals surface area contributed by atoms with Gasteiger partial charge in [0.1, 0.15) is 17.3 Å². The molecule has 7 nitrogen and oxygen atoms in total. The SMILES string of the molecule is CCOc1cccc(/C(O)=C2\C(=O)C(=O)N(c3nc4ccc(OCC)cc4s3)C2c2ccc(Cl)c(Cl)c2)c1. The number of ether oxygens (including phenoxy) is 2. The largest absolute Gasteiger partial charge is 0.507 e. The molecule has 1 aliphatic heterocycles. The van der Waals surface area contributed by atoms with Crippen molar-refractivity contribution >= 4 is 67.3 Å². The molecule has 3 aromatic carbocycles. The van der Waals surface area contributed by atoms with Gasteiger partial charge in [0, 0.05) is 5.56 Å². The van der Waals surface area contributed by atoms with Crippen LogP contribution in [0.5, 0.6) is 11.5 Å². The molecule has 1 saturated heterocycles. The number of aliphatic hydroxyl groups is 1. The zero-order chi connectivity index (χ0) is 27.0. The number of thiazole rings is 1. The molecule has 1 aliphatic rings. The topological polar surface area (TPSA) is 89.0 Å². The predicted molar refractivity (Wildman–Crippen MR) is 150 cm³/mol. The van der Waals surface area contributed by atoms with E-state index in [1.54, 1.807) is 54.6 Å². The smallest absolute Gasteiger partial charge is 0.301 e. The number of hydrogen-bond donors (Lipinski definition) is 1. The van der Waals surface area contributed by atoms with Crippen LogP contribution in [-0.4, -0.2) is 35.0 Å². The minimum Gasteiger partial charge on any atom is -0.507 e. The van der Waals surface area contributed by atoms with Gasteiger partial charge >= 0.3 is 5.91 Å². The van der Waals surface area contributed by atoms with Crippen molar-refractivity contribution < 1.29 is 24.2 Å². The third-order valence-corrected chi connectivity index (χ3v) is 7.74. The molecule has 38 heavy (non-hydrogen) atoms. The molecule has 0 bridgehead atoms. The van der Waals surface area contributed by atoms with Crippen molar-refractivity contribution in [3.8, 4) is 11.5 Å². The van der Waals surface area contributed by atoms with Crippen LogP contribution in [0, 0.1) is 0 Å². The molecule has 1 unspecified atom stereocenters. The van der Waals surface area contributed by atoms with Gasteiger partial charge in [-0.05, 0) is 61.9 Å². The Kier molecular flexibility index (Phi) is 7.29. The average Bonchev–Trinajstić information content (AvgIpc) is 3.43. The molecule has 1 atom stereocenters. The highest BCUT2D eigenvalue weighted by Gasteiger charge is 2.48. The molecule has 0 radical (unpaired) electrons. The molecule has 5 rings (SSSR count). The number of benzene rings is 3. The standard InChI is InChI=1S/C28H22Cl2N2O5S/c1-3-36-17-7-5-6-16(12-17)25(33)23-24(15-8-10-19(29)20(30)13-15)32(27(35)26(23)34)28-31-21-11-9-18(37-4-2)14-22(21)38-28/h5-14,24,33H,3-4H2,1-2H3/b25-23+. The van der Waals surface area contributed by atoms with E-state index in [9.17, 15) is 14.7 Å². The Morgan fingerprint density at radius 3 is 2.42 bits per heavy atom. The Morgan fingerprint density at radius 2 is 1.71 bits per heavy atom. The molecule has 4 aromatic rings. The first kappa shape index (κ1) is 26.0. The van der Waals surface area contributed by atoms with Crippen molar-refractivity contribution in [1.29, 1.82) is 0 Å². The lowest BCUT2D eigenvalue weighted by molar-refractivity contribution is -0.132. The minimum absolute atomic E-state index is 0.0868. The molecular formula is C28H22Cl2N2O5S. The number of ketones is 1. The number of aliphatic hydroxyl groups excluding tert-OH is 1. The van der Waals surface area contributed by atoms with Crippen LogP contribution >= 0.6 is 34.5 Å². The molecule has 194 valence electrons. The van der Waals surface area contributed by atoms with Gasteiger partial charge in [-0.15, -0.1) is 0 Å². The van der Waals surface area contributed by atoms with Gasteiger partial charge in [-0.25, -0.2) is 4.98 Å². The number of anilines is 1. The van der Waals surface area contributed by atoms with Gasteiger partial charge in [0.05, 0.1) is 45.1 Å². The number of aromatic nitrogens is 1. The monoisotopic (exact) mass is 568 g/mol. The van der Waals surface area contributed by atoms with Crippen LogP contribution in [0.3, 0.4) is 0 Å². The second-order valence-corrected chi connectivity index (χ2v) is 10.2. The fourth-order valence-corrected chi connectivity index (χ4v) is 5.66. The molecule has 0 spiro atoms. The predicted octanol–water partition coefficient (Wildman–Crippen LogP) is 7.03. The van der Waals surface area contributed by atoms with E-state index in [1.807, 2.05) is 19.9 Å². The van der Waals surface area contributed by atoms with E-state index in [1.165, 1.54) is 16.2 Å². The first-order valence-electron chi connectivity index (χ1n) is 11.8. The number of rotatable bonds is 7. The van der Waals surface area contributed by atoms with Gasteiger partial charge in [-0.2, -0.15) is 0 Å². The third-order valence-electron chi connectivity index (χ3n) is 5.99. The van der Waals surface area contributed by atoms with Gasteiger partial charge in [0.15, 0.2) is 5.13 Å². The number of halogens is 2. The summed E-state index contributed by atoms with van der Waals surface area (Å²) < 4.78 is 11.9. The number of carbonyl (C=O) groups excluding carboxylic acids is 2. The zero-order valence-corrected chi connectivity index (χ0v) is 22.7. The second kappa shape index (κ2) is 10.6. The van der Waals surface area contributed by atoms with Crippen LogP contribution in [-0.2, 0) is 9.59 Å². The molecule has 0 aliphatic carbocycles. The molecule has 10 heteroatoms. The van der Waals surface area contributed by atoms with E-state index in [-0.39, 0.29) is 16.4 Å². The van der Waals surface area contributed by atoms with Crippen molar-refractivity contribution in [2.75, 3.05) is 18.1 Å². The molecular weight excluding hydrogens is 547 g/mol. The molecule has 1 fully saturated rings. The van der Waals surface area contributed by atoms with Gasteiger partial charge in [0.2, 0.25) is 0 Å². The lowest BCUT2D eigenvalue weighted by Gasteiger charge is -2.23. The molecule has 2 heterocycles. The van der Waals surface area contributed by atoms with Crippen LogP contribution in [0.4, 0.5) is 5.13 Å². The average molecular weight is 569 g/mol. The van der Waals surface area contributed by atoms with Crippen LogP contribution in [0.25, 0.3) is 16.0 Å². The minimum atomic E-state index is -0.993. The summed E-state index contributed by atoms with van der Waals surface area (Å²) in [6.07, 6.45) is 0. The summed E-state index contributed by atoms with van der Waals surface area (Å²) >= 11 is 13.7. The molecule has 0 saturated carbocycles. The molecule has 1 aromatic heterocycles. The number of amides is 1. The van der Waals surface area contributed by atoms with E-state index in [4.69, 9.17) is 32.7 Å². The molecule has 1 N–H and O–H groups in total. The van der Waals surface area contributed by atoms with Gasteiger partial charge in [-0.3, -0.25) is 14.5 Å². The van der Waals surface area contributed by atoms with Gasteiger partial charge < -0.3 is 14.6 Å². The summed E-state index contributed by atoms with van der Waals surface area (Å²) in [5.41, 5.74) is 1.39. The van der Waals surface area contributed by atoms with E-state index in [2.05, 4.69) is 4.98 Å². The maximum absolute atomic E-state index is 13.5. The molecule has 1 amide bonds. The van der Waals surface area contributed by atoms with E-state index in [0.29, 0.717) is 51.5 Å². The Morgan fingerprint density at radius 1 is 0.974 bits per heavy atom. The Balaban J connectivity index is 1.70. The van der Waals surface area contributed by atoms with Crippen molar-refractivity contribution in [2.45, 2.75) is 19.9 Å². The lowest BCUT2D eigenvalue weighted by Crippen LogP contribution is -2.29. The van der Waals surface area contributed by atoms with E-state index in [0.717, 1.165) is 4.70 Å². The number of Topliss-reactive ketones (excluding diaryl/α,β-unsaturated/α-hetero) is 1. The summed E-state index contributed by atoms with van der Waals surface area (Å²) in [5.74, 6) is -0.786. The quantitative estimate of drug-likeness (QED) is 0.146. The summed E-state index contributed by atoms with van der Waals surface area (Å²) in [6.45, 7) is 4.68. The highest BCUT2D eigenvalue weighted by molar-refractivity contribution is 7.22. The van der Waals surface area contributed by atoms with Crippen LogP contribution in [0.1, 0.15) is 31.0 Å². The number of fused-ring (bicyclic) bond motifs is 1. The Labute approximate surface area is 232 Å². The summed E-state index contributed by atoms with van der Waals surface area (Å²) in [6, 6.07) is 16.0. The lowest BCUT2D eigenvalue weighted by atomic mass is 9.95. The second-order valence-electron chi connectivity index (χ2n) is 8.36. The van der Waals surface area contributed by atoms with E-state index < -0.39 is 17.7 Å².